The minimum atomic E-state index is -4.95. The molecule has 3 N–H and O–H groups in total. The van der Waals surface area contributed by atoms with E-state index in [1.807, 2.05) is 0 Å². The lowest BCUT2D eigenvalue weighted by Crippen LogP contribution is -2.30. The Hall–Kier alpha value is -1.94. The van der Waals surface area contributed by atoms with Crippen molar-refractivity contribution < 1.29 is 80.2 Å². The molecule has 0 saturated carbocycles. The normalized spacial score (nSPS) is 14.4. The number of unbranched alkanes of at least 4 members (excludes halogenated alkanes) is 39. The molecule has 17 nitrogen and oxygen atoms in total. The van der Waals surface area contributed by atoms with Crippen molar-refractivity contribution in [2.24, 2.45) is 5.92 Å². The van der Waals surface area contributed by atoms with Crippen LogP contribution in [0.4, 0.5) is 0 Å². The van der Waals surface area contributed by atoms with Crippen LogP contribution in [0, 0.1) is 5.92 Å². The summed E-state index contributed by atoms with van der Waals surface area (Å²) in [7, 11) is -9.89. The van der Waals surface area contributed by atoms with Crippen LogP contribution >= 0.6 is 15.6 Å². The van der Waals surface area contributed by atoms with Crippen LogP contribution in [-0.4, -0.2) is 96.7 Å². The highest BCUT2D eigenvalue weighted by Gasteiger charge is 2.30. The second kappa shape index (κ2) is 61.6. The van der Waals surface area contributed by atoms with Crippen molar-refractivity contribution in [2.75, 3.05) is 39.6 Å². The van der Waals surface area contributed by atoms with Crippen LogP contribution in [0.15, 0.2) is 0 Å². The molecule has 0 aliphatic carbocycles. The SMILES string of the molecule is CCCCCCCCCCCCCCCCCCCCC(=O)O[C@H](COC(=O)CCCCCCCCCCC(C)CC)COP(=O)(O)OC[C@@H](O)COP(=O)(O)OC[C@@H](COC(=O)CCCCCCCCCC)OC(=O)CCCCCCCCCCC. The molecule has 0 bridgehead atoms. The standard InChI is InChI=1S/C68H132O17P2/c1-6-10-13-16-19-22-23-24-25-26-27-28-29-30-32-39-44-49-54-68(73)85-64(58-79-66(71)52-47-42-37-34-33-35-40-45-50-61(5)9-4)60-83-87(76,77)81-56-62(69)55-80-86(74,75)82-59-63(57-78-65(70)51-46-41-36-21-18-15-12-8-3)84-67(72)53-48-43-38-31-20-17-14-11-7-2/h61-64,69H,6-60H2,1-5H3,(H,74,75)(H,76,77)/t61?,62-,63+,64+/m0/s1. The van der Waals surface area contributed by atoms with Gasteiger partial charge in [-0.3, -0.25) is 37.3 Å². The lowest BCUT2D eigenvalue weighted by molar-refractivity contribution is -0.161. The largest absolute Gasteiger partial charge is 0.472 e. The Kier molecular flexibility index (Phi) is 60.2. The number of phosphoric acid groups is 2. The first-order valence-corrected chi connectivity index (χ1v) is 38.7. The molecule has 3 unspecified atom stereocenters. The zero-order chi connectivity index (χ0) is 64.2. The van der Waals surface area contributed by atoms with Gasteiger partial charge in [-0.05, 0) is 31.6 Å². The minimum Gasteiger partial charge on any atom is -0.462 e. The van der Waals surface area contributed by atoms with Crippen LogP contribution in [0.1, 0.15) is 349 Å². The number of esters is 4. The number of aliphatic hydroxyl groups excluding tert-OH is 1. The molecule has 0 heterocycles. The van der Waals surface area contributed by atoms with E-state index in [0.717, 1.165) is 102 Å². The van der Waals surface area contributed by atoms with Crippen LogP contribution in [0.25, 0.3) is 0 Å². The van der Waals surface area contributed by atoms with Crippen LogP contribution in [-0.2, 0) is 65.4 Å². The summed E-state index contributed by atoms with van der Waals surface area (Å²) >= 11 is 0. The van der Waals surface area contributed by atoms with Crippen molar-refractivity contribution in [2.45, 2.75) is 368 Å². The van der Waals surface area contributed by atoms with E-state index in [1.54, 1.807) is 0 Å². The summed E-state index contributed by atoms with van der Waals surface area (Å²) in [5.41, 5.74) is 0. The van der Waals surface area contributed by atoms with Crippen molar-refractivity contribution in [1.29, 1.82) is 0 Å². The molecule has 0 radical (unpaired) electrons. The average Bonchev–Trinajstić information content (AvgIpc) is 3.53. The molecule has 19 heteroatoms. The Morgan fingerprint density at radius 1 is 0.322 bits per heavy atom. The summed E-state index contributed by atoms with van der Waals surface area (Å²) in [6.45, 7) is 7.19. The number of aliphatic hydroxyl groups is 1. The number of ether oxygens (including phenoxy) is 4. The summed E-state index contributed by atoms with van der Waals surface area (Å²) in [5.74, 6) is -1.35. The second-order valence-corrected chi connectivity index (χ2v) is 27.7. The lowest BCUT2D eigenvalue weighted by Gasteiger charge is -2.21. The van der Waals surface area contributed by atoms with Gasteiger partial charge in [0.05, 0.1) is 26.4 Å². The number of hydrogen-bond donors (Lipinski definition) is 3. The van der Waals surface area contributed by atoms with Crippen molar-refractivity contribution in [3.8, 4) is 0 Å². The minimum absolute atomic E-state index is 0.106. The van der Waals surface area contributed by atoms with E-state index in [9.17, 15) is 43.2 Å². The summed E-state index contributed by atoms with van der Waals surface area (Å²) < 4.78 is 68.1. The van der Waals surface area contributed by atoms with Crippen LogP contribution in [0.2, 0.25) is 0 Å². The van der Waals surface area contributed by atoms with Crippen molar-refractivity contribution >= 4 is 39.5 Å². The number of carbonyl (C=O) groups excluding carboxylic acids is 4. The van der Waals surface area contributed by atoms with Crippen LogP contribution in [0.5, 0.6) is 0 Å². The summed E-state index contributed by atoms with van der Waals surface area (Å²) in [6.07, 6.45) is 47.2. The van der Waals surface area contributed by atoms with Gasteiger partial charge in [0, 0.05) is 25.7 Å². The summed E-state index contributed by atoms with van der Waals surface area (Å²) in [5, 5.41) is 10.6. The molecule has 0 saturated heterocycles. The zero-order valence-corrected chi connectivity index (χ0v) is 57.9. The molecule has 0 aromatic carbocycles. The van der Waals surface area contributed by atoms with E-state index in [0.29, 0.717) is 25.7 Å². The van der Waals surface area contributed by atoms with Gasteiger partial charge < -0.3 is 33.8 Å². The van der Waals surface area contributed by atoms with Gasteiger partial charge in [0.2, 0.25) is 0 Å². The van der Waals surface area contributed by atoms with Crippen LogP contribution in [0.3, 0.4) is 0 Å². The molecule has 0 aromatic rings. The monoisotopic (exact) mass is 1280 g/mol. The smallest absolute Gasteiger partial charge is 0.462 e. The predicted octanol–water partition coefficient (Wildman–Crippen LogP) is 19.4. The highest BCUT2D eigenvalue weighted by Crippen LogP contribution is 2.45. The third kappa shape index (κ3) is 61.3. The van der Waals surface area contributed by atoms with Crippen LogP contribution < -0.4 is 0 Å². The molecule has 516 valence electrons. The zero-order valence-electron chi connectivity index (χ0n) is 56.2. The topological polar surface area (TPSA) is 237 Å². The fourth-order valence-electron chi connectivity index (χ4n) is 10.3. The molecule has 0 aliphatic rings. The molecule has 87 heavy (non-hydrogen) atoms. The highest BCUT2D eigenvalue weighted by atomic mass is 31.2. The molecular formula is C68H132O17P2. The van der Waals surface area contributed by atoms with Crippen molar-refractivity contribution in [1.82, 2.24) is 0 Å². The average molecular weight is 1280 g/mol. The Morgan fingerprint density at radius 2 is 0.552 bits per heavy atom. The van der Waals surface area contributed by atoms with Gasteiger partial charge in [-0.25, -0.2) is 9.13 Å². The summed E-state index contributed by atoms with van der Waals surface area (Å²) in [4.78, 5) is 72.3. The number of carbonyl (C=O) groups is 4. The molecule has 0 amide bonds. The third-order valence-electron chi connectivity index (χ3n) is 16.1. The fraction of sp³-hybridized carbons (Fsp3) is 0.941. The van der Waals surface area contributed by atoms with E-state index >= 15 is 0 Å². The molecular weight excluding hydrogens is 1150 g/mol. The van der Waals surface area contributed by atoms with E-state index in [1.165, 1.54) is 167 Å². The van der Waals surface area contributed by atoms with E-state index in [2.05, 4.69) is 34.6 Å². The van der Waals surface area contributed by atoms with Gasteiger partial charge in [0.15, 0.2) is 12.2 Å². The van der Waals surface area contributed by atoms with E-state index < -0.39 is 97.5 Å². The Balaban J connectivity index is 5.19. The summed E-state index contributed by atoms with van der Waals surface area (Å²) in [6, 6.07) is 0. The van der Waals surface area contributed by atoms with Gasteiger partial charge in [-0.1, -0.05) is 298 Å². The number of hydrogen-bond acceptors (Lipinski definition) is 15. The Labute approximate surface area is 530 Å². The Bertz CT molecular complexity index is 1690. The highest BCUT2D eigenvalue weighted by molar-refractivity contribution is 7.47. The first-order chi connectivity index (χ1) is 42.1. The fourth-order valence-corrected chi connectivity index (χ4v) is 11.8. The molecule has 0 rings (SSSR count). The van der Waals surface area contributed by atoms with E-state index in [4.69, 9.17) is 37.0 Å². The quantitative estimate of drug-likeness (QED) is 0.0222. The lowest BCUT2D eigenvalue weighted by atomic mass is 9.99. The van der Waals surface area contributed by atoms with Gasteiger partial charge in [-0.15, -0.1) is 0 Å². The maximum Gasteiger partial charge on any atom is 0.472 e. The maximum atomic E-state index is 13.0. The van der Waals surface area contributed by atoms with Crippen molar-refractivity contribution in [3.05, 3.63) is 0 Å². The van der Waals surface area contributed by atoms with E-state index in [-0.39, 0.29) is 25.7 Å². The Morgan fingerprint density at radius 3 is 0.816 bits per heavy atom. The molecule has 0 fully saturated rings. The predicted molar refractivity (Wildman–Crippen MR) is 349 cm³/mol. The molecule has 0 aromatic heterocycles. The third-order valence-corrected chi connectivity index (χ3v) is 18.0. The maximum absolute atomic E-state index is 13.0. The molecule has 6 atom stereocenters. The molecule has 0 aliphatic heterocycles. The first-order valence-electron chi connectivity index (χ1n) is 35.7. The molecule has 0 spiro atoms. The van der Waals surface area contributed by atoms with Gasteiger partial charge in [0.25, 0.3) is 0 Å². The first kappa shape index (κ1) is 85.1. The van der Waals surface area contributed by atoms with Gasteiger partial charge in [0.1, 0.15) is 19.3 Å². The number of rotatable bonds is 68. The number of phosphoric ester groups is 2. The second-order valence-electron chi connectivity index (χ2n) is 24.8. The van der Waals surface area contributed by atoms with Gasteiger partial charge in [-0.2, -0.15) is 0 Å². The van der Waals surface area contributed by atoms with Crippen molar-refractivity contribution in [3.63, 3.8) is 0 Å². The van der Waals surface area contributed by atoms with Gasteiger partial charge >= 0.3 is 39.5 Å².